The number of carbonyl (C=O) groups is 2. The van der Waals surface area contributed by atoms with Crippen molar-refractivity contribution in [1.82, 2.24) is 15.6 Å². The molecule has 2 heterocycles. The first-order chi connectivity index (χ1) is 15.6. The van der Waals surface area contributed by atoms with Gasteiger partial charge in [-0.25, -0.2) is 9.59 Å². The van der Waals surface area contributed by atoms with Crippen LogP contribution in [0.15, 0.2) is 42.5 Å². The van der Waals surface area contributed by atoms with Gasteiger partial charge in [0, 0.05) is 18.8 Å². The zero-order chi connectivity index (χ0) is 22.6. The van der Waals surface area contributed by atoms with Gasteiger partial charge in [-0.15, -0.1) is 0 Å². The van der Waals surface area contributed by atoms with Crippen molar-refractivity contribution in [3.8, 4) is 0 Å². The number of aliphatic carboxylic acids is 1. The predicted octanol–water partition coefficient (Wildman–Crippen LogP) is 4.28. The smallest absolute Gasteiger partial charge is 0.326 e. The Morgan fingerprint density at radius 1 is 1.03 bits per heavy atom. The highest BCUT2D eigenvalue weighted by Gasteiger charge is 2.19. The van der Waals surface area contributed by atoms with E-state index in [4.69, 9.17) is 4.98 Å². The standard InChI is InChI=1S/C25H34N4O3/c30-24(31)23(29-25(32)27-18-19-10-5-4-6-11-19)13-8-3-1-2-7-12-20-15-16-21-22(28-20)14-9-17-26-21/h4-6,10-11,15-16,23,26H,1-3,7-9,12-14,17-18H2,(H,30,31)(H2,27,29,32). The lowest BCUT2D eigenvalue weighted by Crippen LogP contribution is -2.45. The first-order valence-electron chi connectivity index (χ1n) is 11.7. The summed E-state index contributed by atoms with van der Waals surface area (Å²) in [6.45, 7) is 1.40. The Balaban J connectivity index is 1.27. The zero-order valence-electron chi connectivity index (χ0n) is 18.6. The summed E-state index contributed by atoms with van der Waals surface area (Å²) < 4.78 is 0. The molecule has 1 aliphatic heterocycles. The molecule has 2 aromatic rings. The fraction of sp³-hybridized carbons (Fsp3) is 0.480. The highest BCUT2D eigenvalue weighted by molar-refractivity contribution is 5.82. The normalized spacial score (nSPS) is 13.5. The predicted molar refractivity (Wildman–Crippen MR) is 126 cm³/mol. The van der Waals surface area contributed by atoms with Gasteiger partial charge >= 0.3 is 12.0 Å². The summed E-state index contributed by atoms with van der Waals surface area (Å²) in [4.78, 5) is 28.3. The van der Waals surface area contributed by atoms with E-state index in [1.807, 2.05) is 30.3 Å². The highest BCUT2D eigenvalue weighted by atomic mass is 16.4. The second-order valence-electron chi connectivity index (χ2n) is 8.34. The lowest BCUT2D eigenvalue weighted by Gasteiger charge is -2.17. The van der Waals surface area contributed by atoms with Gasteiger partial charge < -0.3 is 21.1 Å². The number of aryl methyl sites for hydroxylation is 2. The monoisotopic (exact) mass is 438 g/mol. The van der Waals surface area contributed by atoms with Crippen molar-refractivity contribution in [2.45, 2.75) is 70.4 Å². The number of fused-ring (bicyclic) bond motifs is 1. The molecule has 0 fully saturated rings. The number of rotatable bonds is 12. The number of aromatic nitrogens is 1. The van der Waals surface area contributed by atoms with Crippen molar-refractivity contribution in [2.24, 2.45) is 0 Å². The molecule has 0 bridgehead atoms. The van der Waals surface area contributed by atoms with Crippen molar-refractivity contribution in [3.05, 3.63) is 59.4 Å². The minimum Gasteiger partial charge on any atom is -0.480 e. The van der Waals surface area contributed by atoms with Crippen molar-refractivity contribution < 1.29 is 14.7 Å². The number of pyridine rings is 1. The number of hydrogen-bond donors (Lipinski definition) is 4. The van der Waals surface area contributed by atoms with Gasteiger partial charge in [0.05, 0.1) is 11.4 Å². The average molecular weight is 439 g/mol. The Bertz CT molecular complexity index is 873. The Morgan fingerprint density at radius 3 is 2.62 bits per heavy atom. The Hall–Kier alpha value is -3.09. The van der Waals surface area contributed by atoms with Gasteiger partial charge in [-0.1, -0.05) is 56.0 Å². The van der Waals surface area contributed by atoms with Gasteiger partial charge in [-0.3, -0.25) is 4.98 Å². The van der Waals surface area contributed by atoms with Crippen LogP contribution in [-0.4, -0.2) is 34.7 Å². The summed E-state index contributed by atoms with van der Waals surface area (Å²) in [6.07, 6.45) is 8.59. The maximum atomic E-state index is 12.0. The van der Waals surface area contributed by atoms with Gasteiger partial charge in [0.15, 0.2) is 0 Å². The zero-order valence-corrected chi connectivity index (χ0v) is 18.6. The minimum absolute atomic E-state index is 0.370. The van der Waals surface area contributed by atoms with E-state index in [0.29, 0.717) is 13.0 Å². The SMILES string of the molecule is O=C(NCc1ccccc1)NC(CCCCCCCc1ccc2c(n1)CCCN2)C(=O)O. The maximum Gasteiger partial charge on any atom is 0.326 e. The van der Waals surface area contributed by atoms with E-state index in [9.17, 15) is 14.7 Å². The summed E-state index contributed by atoms with van der Waals surface area (Å²) in [7, 11) is 0. The van der Waals surface area contributed by atoms with Crippen LogP contribution in [-0.2, 0) is 24.2 Å². The number of nitrogens with one attached hydrogen (secondary N) is 3. The largest absolute Gasteiger partial charge is 0.480 e. The van der Waals surface area contributed by atoms with Crippen LogP contribution in [0.5, 0.6) is 0 Å². The highest BCUT2D eigenvalue weighted by Crippen LogP contribution is 2.20. The van der Waals surface area contributed by atoms with Crippen LogP contribution < -0.4 is 16.0 Å². The van der Waals surface area contributed by atoms with Crippen molar-refractivity contribution in [3.63, 3.8) is 0 Å². The molecule has 0 radical (unpaired) electrons. The molecule has 1 atom stereocenters. The van der Waals surface area contributed by atoms with Crippen LogP contribution in [0, 0.1) is 0 Å². The third kappa shape index (κ3) is 7.87. The fourth-order valence-electron chi connectivity index (χ4n) is 3.95. The summed E-state index contributed by atoms with van der Waals surface area (Å²) in [5.41, 5.74) is 4.49. The van der Waals surface area contributed by atoms with Crippen LogP contribution in [0.4, 0.5) is 10.5 Å². The van der Waals surface area contributed by atoms with Crippen molar-refractivity contribution in [1.29, 1.82) is 0 Å². The van der Waals surface area contributed by atoms with E-state index in [-0.39, 0.29) is 0 Å². The van der Waals surface area contributed by atoms with Gasteiger partial charge in [0.25, 0.3) is 0 Å². The third-order valence-corrected chi connectivity index (χ3v) is 5.76. The Labute approximate surface area is 190 Å². The van der Waals surface area contributed by atoms with Crippen LogP contribution in [0.1, 0.15) is 61.9 Å². The van der Waals surface area contributed by atoms with Crippen LogP contribution >= 0.6 is 0 Å². The molecule has 4 N–H and O–H groups in total. The maximum absolute atomic E-state index is 12.0. The number of amides is 2. The molecule has 32 heavy (non-hydrogen) atoms. The molecule has 1 aromatic heterocycles. The molecular formula is C25H34N4O3. The topological polar surface area (TPSA) is 103 Å². The number of hydrogen-bond acceptors (Lipinski definition) is 4. The summed E-state index contributed by atoms with van der Waals surface area (Å²) in [6, 6.07) is 12.5. The third-order valence-electron chi connectivity index (χ3n) is 5.76. The molecule has 1 aliphatic rings. The molecule has 172 valence electrons. The quantitative estimate of drug-likeness (QED) is 0.371. The van der Waals surface area contributed by atoms with Gasteiger partial charge in [0.2, 0.25) is 0 Å². The number of carboxylic acid groups (broad SMARTS) is 1. The molecule has 2 amide bonds. The second kappa shape index (κ2) is 12.7. The van der Waals surface area contributed by atoms with Crippen LogP contribution in [0.3, 0.4) is 0 Å². The van der Waals surface area contributed by atoms with E-state index < -0.39 is 18.0 Å². The first-order valence-corrected chi connectivity index (χ1v) is 11.7. The van der Waals surface area contributed by atoms with Gasteiger partial charge in [-0.2, -0.15) is 0 Å². The molecular weight excluding hydrogens is 404 g/mol. The minimum atomic E-state index is -0.993. The fourth-order valence-corrected chi connectivity index (χ4v) is 3.95. The van der Waals surface area contributed by atoms with E-state index in [0.717, 1.165) is 69.2 Å². The molecule has 0 aliphatic carbocycles. The number of anilines is 1. The number of benzene rings is 1. The van der Waals surface area contributed by atoms with Gasteiger partial charge in [-0.05, 0) is 49.8 Å². The van der Waals surface area contributed by atoms with Crippen LogP contribution in [0.2, 0.25) is 0 Å². The number of nitrogens with zero attached hydrogens (tertiary/aromatic N) is 1. The molecule has 7 heteroatoms. The summed E-state index contributed by atoms with van der Waals surface area (Å²) in [5, 5.41) is 18.1. The molecule has 0 spiro atoms. The molecule has 3 rings (SSSR count). The molecule has 7 nitrogen and oxygen atoms in total. The second-order valence-corrected chi connectivity index (χ2v) is 8.34. The first kappa shape index (κ1) is 23.6. The van der Waals surface area contributed by atoms with E-state index in [2.05, 4.69) is 28.1 Å². The Morgan fingerprint density at radius 2 is 1.81 bits per heavy atom. The number of unbranched alkanes of at least 4 members (excludes halogenated alkanes) is 4. The van der Waals surface area contributed by atoms with E-state index >= 15 is 0 Å². The summed E-state index contributed by atoms with van der Waals surface area (Å²) in [5.74, 6) is -0.993. The average Bonchev–Trinajstić information content (AvgIpc) is 2.81. The number of carbonyl (C=O) groups excluding carboxylic acids is 1. The lowest BCUT2D eigenvalue weighted by atomic mass is 10.0. The van der Waals surface area contributed by atoms with Crippen molar-refractivity contribution in [2.75, 3.05) is 11.9 Å². The number of urea groups is 1. The number of carboxylic acids is 1. The van der Waals surface area contributed by atoms with Gasteiger partial charge in [0.1, 0.15) is 6.04 Å². The lowest BCUT2D eigenvalue weighted by molar-refractivity contribution is -0.139. The van der Waals surface area contributed by atoms with Crippen molar-refractivity contribution >= 4 is 17.7 Å². The van der Waals surface area contributed by atoms with E-state index in [1.54, 1.807) is 0 Å². The van der Waals surface area contributed by atoms with E-state index in [1.165, 1.54) is 11.4 Å². The molecule has 0 saturated heterocycles. The molecule has 0 saturated carbocycles. The van der Waals surface area contributed by atoms with Crippen LogP contribution in [0.25, 0.3) is 0 Å². The molecule has 1 aromatic carbocycles. The molecule has 1 unspecified atom stereocenters. The Kier molecular flexibility index (Phi) is 9.35. The summed E-state index contributed by atoms with van der Waals surface area (Å²) >= 11 is 0.